The molecule has 4 heteroatoms. The summed E-state index contributed by atoms with van der Waals surface area (Å²) in [6, 6.07) is 8.53. The van der Waals surface area contributed by atoms with Crippen molar-refractivity contribution in [3.05, 3.63) is 29.8 Å². The third-order valence-electron chi connectivity index (χ3n) is 3.28. The summed E-state index contributed by atoms with van der Waals surface area (Å²) in [7, 11) is 1.68. The van der Waals surface area contributed by atoms with E-state index in [9.17, 15) is 0 Å². The molecule has 4 nitrogen and oxygen atoms in total. The predicted octanol–water partition coefficient (Wildman–Crippen LogP) is 3.18. The van der Waals surface area contributed by atoms with Crippen LogP contribution in [0.4, 0.5) is 0 Å². The summed E-state index contributed by atoms with van der Waals surface area (Å²) in [5, 5.41) is 3.54. The SMILES string of the molecule is CCNC(CCCOCC)c1ccccc1OCCOC. The van der Waals surface area contributed by atoms with Crippen LogP contribution >= 0.6 is 0 Å². The van der Waals surface area contributed by atoms with Crippen LogP contribution < -0.4 is 10.1 Å². The standard InChI is InChI=1S/C17H29NO3/c1-4-18-16(10-8-12-20-5-2)15-9-6-7-11-17(15)21-14-13-19-3/h6-7,9,11,16,18H,4-5,8,10,12-14H2,1-3H3. The number of nitrogens with one attached hydrogen (secondary N) is 1. The van der Waals surface area contributed by atoms with Crippen LogP contribution in [0.15, 0.2) is 24.3 Å². The molecule has 1 atom stereocenters. The summed E-state index contributed by atoms with van der Waals surface area (Å²) in [6.07, 6.45) is 2.08. The first kappa shape index (κ1) is 18.0. The first-order valence-corrected chi connectivity index (χ1v) is 7.85. The lowest BCUT2D eigenvalue weighted by Crippen LogP contribution is -2.22. The molecule has 0 aliphatic heterocycles. The number of benzene rings is 1. The number of methoxy groups -OCH3 is 1. The number of rotatable bonds is 12. The van der Waals surface area contributed by atoms with Crippen LogP contribution in [0.2, 0.25) is 0 Å². The average molecular weight is 295 g/mol. The Morgan fingerprint density at radius 2 is 1.90 bits per heavy atom. The molecule has 1 unspecified atom stereocenters. The molecule has 1 aromatic rings. The Bertz CT molecular complexity index is 371. The van der Waals surface area contributed by atoms with E-state index in [1.165, 1.54) is 5.56 Å². The van der Waals surface area contributed by atoms with E-state index in [4.69, 9.17) is 14.2 Å². The first-order chi connectivity index (χ1) is 10.3. The Morgan fingerprint density at radius 1 is 1.10 bits per heavy atom. The minimum absolute atomic E-state index is 0.300. The Hall–Kier alpha value is -1.10. The van der Waals surface area contributed by atoms with Gasteiger partial charge >= 0.3 is 0 Å². The molecule has 0 aliphatic rings. The summed E-state index contributed by atoms with van der Waals surface area (Å²) in [5.74, 6) is 0.942. The van der Waals surface area contributed by atoms with Crippen molar-refractivity contribution >= 4 is 0 Å². The molecule has 1 rings (SSSR count). The fourth-order valence-corrected chi connectivity index (χ4v) is 2.28. The van der Waals surface area contributed by atoms with Gasteiger partial charge in [-0.3, -0.25) is 0 Å². The molecule has 0 aliphatic carbocycles. The quantitative estimate of drug-likeness (QED) is 0.601. The van der Waals surface area contributed by atoms with Gasteiger partial charge in [-0.15, -0.1) is 0 Å². The van der Waals surface area contributed by atoms with Crippen LogP contribution in [0.1, 0.15) is 38.3 Å². The molecule has 0 heterocycles. The highest BCUT2D eigenvalue weighted by molar-refractivity contribution is 5.36. The van der Waals surface area contributed by atoms with Crippen molar-refractivity contribution in [2.45, 2.75) is 32.7 Å². The van der Waals surface area contributed by atoms with E-state index in [2.05, 4.69) is 24.4 Å². The molecule has 0 saturated heterocycles. The zero-order chi connectivity index (χ0) is 15.3. The van der Waals surface area contributed by atoms with Crippen LogP contribution in [0.25, 0.3) is 0 Å². The molecule has 21 heavy (non-hydrogen) atoms. The van der Waals surface area contributed by atoms with E-state index in [1.54, 1.807) is 7.11 Å². The summed E-state index contributed by atoms with van der Waals surface area (Å²) in [6.45, 7) is 7.86. The molecule has 0 spiro atoms. The molecular weight excluding hydrogens is 266 g/mol. The van der Waals surface area contributed by atoms with Crippen LogP contribution in [-0.4, -0.2) is 40.1 Å². The fraction of sp³-hybridized carbons (Fsp3) is 0.647. The van der Waals surface area contributed by atoms with Crippen LogP contribution in [-0.2, 0) is 9.47 Å². The van der Waals surface area contributed by atoms with Crippen molar-refractivity contribution in [1.29, 1.82) is 0 Å². The van der Waals surface area contributed by atoms with Crippen molar-refractivity contribution in [2.75, 3.05) is 40.1 Å². The van der Waals surface area contributed by atoms with E-state index in [-0.39, 0.29) is 0 Å². The van der Waals surface area contributed by atoms with Gasteiger partial charge in [-0.1, -0.05) is 25.1 Å². The summed E-state index contributed by atoms with van der Waals surface area (Å²) >= 11 is 0. The number of hydrogen-bond acceptors (Lipinski definition) is 4. The van der Waals surface area contributed by atoms with Gasteiger partial charge in [0, 0.05) is 31.9 Å². The Morgan fingerprint density at radius 3 is 2.62 bits per heavy atom. The first-order valence-electron chi connectivity index (χ1n) is 7.85. The highest BCUT2D eigenvalue weighted by Gasteiger charge is 2.14. The Balaban J connectivity index is 2.66. The van der Waals surface area contributed by atoms with E-state index < -0.39 is 0 Å². The molecule has 0 radical (unpaired) electrons. The maximum absolute atomic E-state index is 5.84. The second kappa shape index (κ2) is 11.5. The van der Waals surface area contributed by atoms with Crippen LogP contribution in [0.5, 0.6) is 5.75 Å². The zero-order valence-corrected chi connectivity index (χ0v) is 13.6. The maximum Gasteiger partial charge on any atom is 0.124 e. The predicted molar refractivity (Wildman–Crippen MR) is 86.0 cm³/mol. The molecule has 0 amide bonds. The van der Waals surface area contributed by atoms with Gasteiger partial charge in [-0.25, -0.2) is 0 Å². The lowest BCUT2D eigenvalue weighted by atomic mass is 10.0. The van der Waals surface area contributed by atoms with Crippen molar-refractivity contribution in [3.8, 4) is 5.75 Å². The molecule has 0 aromatic heterocycles. The van der Waals surface area contributed by atoms with Gasteiger partial charge < -0.3 is 19.5 Å². The van der Waals surface area contributed by atoms with Gasteiger partial charge in [0.2, 0.25) is 0 Å². The molecule has 1 aromatic carbocycles. The van der Waals surface area contributed by atoms with E-state index in [0.717, 1.165) is 38.3 Å². The van der Waals surface area contributed by atoms with Gasteiger partial charge in [0.25, 0.3) is 0 Å². The van der Waals surface area contributed by atoms with Crippen molar-refractivity contribution in [2.24, 2.45) is 0 Å². The zero-order valence-electron chi connectivity index (χ0n) is 13.6. The molecule has 0 bridgehead atoms. The van der Waals surface area contributed by atoms with Gasteiger partial charge in [-0.05, 0) is 32.4 Å². The van der Waals surface area contributed by atoms with E-state index >= 15 is 0 Å². The lowest BCUT2D eigenvalue weighted by Gasteiger charge is -2.21. The average Bonchev–Trinajstić information content (AvgIpc) is 2.51. The smallest absolute Gasteiger partial charge is 0.124 e. The van der Waals surface area contributed by atoms with Gasteiger partial charge in [-0.2, -0.15) is 0 Å². The van der Waals surface area contributed by atoms with Crippen LogP contribution in [0.3, 0.4) is 0 Å². The molecule has 0 fully saturated rings. The highest BCUT2D eigenvalue weighted by atomic mass is 16.5. The second-order valence-corrected chi connectivity index (χ2v) is 4.83. The Labute approximate surface area is 128 Å². The van der Waals surface area contributed by atoms with Gasteiger partial charge in [0.05, 0.1) is 6.61 Å². The molecule has 0 saturated carbocycles. The number of hydrogen-bond donors (Lipinski definition) is 1. The molecule has 1 N–H and O–H groups in total. The monoisotopic (exact) mass is 295 g/mol. The largest absolute Gasteiger partial charge is 0.491 e. The van der Waals surface area contributed by atoms with Crippen molar-refractivity contribution < 1.29 is 14.2 Å². The molecular formula is C17H29NO3. The normalized spacial score (nSPS) is 12.3. The summed E-state index contributed by atoms with van der Waals surface area (Å²) in [4.78, 5) is 0. The minimum Gasteiger partial charge on any atom is -0.491 e. The highest BCUT2D eigenvalue weighted by Crippen LogP contribution is 2.28. The van der Waals surface area contributed by atoms with Crippen LogP contribution in [0, 0.1) is 0 Å². The topological polar surface area (TPSA) is 39.7 Å². The lowest BCUT2D eigenvalue weighted by molar-refractivity contribution is 0.139. The van der Waals surface area contributed by atoms with Crippen molar-refractivity contribution in [3.63, 3.8) is 0 Å². The third kappa shape index (κ3) is 6.93. The minimum atomic E-state index is 0.300. The number of ether oxygens (including phenoxy) is 3. The summed E-state index contributed by atoms with van der Waals surface area (Å²) in [5.41, 5.74) is 1.21. The van der Waals surface area contributed by atoms with Crippen molar-refractivity contribution in [1.82, 2.24) is 5.32 Å². The van der Waals surface area contributed by atoms with E-state index in [1.807, 2.05) is 19.1 Å². The fourth-order valence-electron chi connectivity index (χ4n) is 2.28. The van der Waals surface area contributed by atoms with Gasteiger partial charge in [0.15, 0.2) is 0 Å². The molecule has 120 valence electrons. The second-order valence-electron chi connectivity index (χ2n) is 4.83. The third-order valence-corrected chi connectivity index (χ3v) is 3.28. The van der Waals surface area contributed by atoms with Gasteiger partial charge in [0.1, 0.15) is 12.4 Å². The van der Waals surface area contributed by atoms with E-state index in [0.29, 0.717) is 19.3 Å². The Kier molecular flexibility index (Phi) is 9.87. The summed E-state index contributed by atoms with van der Waals surface area (Å²) < 4.78 is 16.3. The number of para-hydroxylation sites is 1. The maximum atomic E-state index is 5.84.